The molecule has 3 rings (SSSR count). The summed E-state index contributed by atoms with van der Waals surface area (Å²) in [6.45, 7) is 5.47. The number of carbonyl (C=O) groups excluding carboxylic acids is 1. The number of aryl methyl sites for hydroxylation is 2. The molecule has 1 aliphatic rings. The van der Waals surface area contributed by atoms with Crippen LogP contribution in [0.4, 0.5) is 5.69 Å². The molecular formula is C21H22N2O3S. The van der Waals surface area contributed by atoms with E-state index < -0.39 is 0 Å². The van der Waals surface area contributed by atoms with E-state index in [9.17, 15) is 4.79 Å². The Kier molecular flexibility index (Phi) is 6.25. The second-order valence-electron chi connectivity index (χ2n) is 6.34. The first-order valence-corrected chi connectivity index (χ1v) is 9.84. The maximum atomic E-state index is 12.9. The van der Waals surface area contributed by atoms with Gasteiger partial charge in [0.15, 0.2) is 11.5 Å². The Hall–Kier alpha value is -2.65. The zero-order chi connectivity index (χ0) is 19.2. The van der Waals surface area contributed by atoms with Crippen LogP contribution in [-0.4, -0.2) is 31.4 Å². The lowest BCUT2D eigenvalue weighted by Crippen LogP contribution is -2.33. The van der Waals surface area contributed by atoms with E-state index >= 15 is 0 Å². The molecule has 0 unspecified atom stereocenters. The lowest BCUT2D eigenvalue weighted by Gasteiger charge is -2.25. The number of nitriles is 1. The van der Waals surface area contributed by atoms with Gasteiger partial charge in [-0.05, 0) is 37.6 Å². The van der Waals surface area contributed by atoms with Crippen LogP contribution in [0.2, 0.25) is 0 Å². The fourth-order valence-electron chi connectivity index (χ4n) is 2.94. The normalized spacial score (nSPS) is 12.3. The number of thioether (sulfide) groups is 1. The van der Waals surface area contributed by atoms with E-state index in [-0.39, 0.29) is 12.3 Å². The van der Waals surface area contributed by atoms with Gasteiger partial charge in [-0.2, -0.15) is 5.26 Å². The fourth-order valence-corrected chi connectivity index (χ4v) is 3.82. The molecule has 0 aromatic heterocycles. The van der Waals surface area contributed by atoms with Crippen molar-refractivity contribution < 1.29 is 14.3 Å². The smallest absolute Gasteiger partial charge is 0.237 e. The predicted molar refractivity (Wildman–Crippen MR) is 107 cm³/mol. The molecule has 1 amide bonds. The fraction of sp³-hybridized carbons (Fsp3) is 0.333. The molecule has 0 bridgehead atoms. The highest BCUT2D eigenvalue weighted by atomic mass is 32.2. The first kappa shape index (κ1) is 19.1. The van der Waals surface area contributed by atoms with Crippen LogP contribution < -0.4 is 14.4 Å². The minimum atomic E-state index is -0.0353. The van der Waals surface area contributed by atoms with Gasteiger partial charge < -0.3 is 14.4 Å². The molecule has 6 heteroatoms. The molecule has 1 aliphatic heterocycles. The van der Waals surface area contributed by atoms with Gasteiger partial charge in [0.2, 0.25) is 5.91 Å². The van der Waals surface area contributed by atoms with Crippen molar-refractivity contribution in [3.8, 4) is 17.6 Å². The van der Waals surface area contributed by atoms with E-state index in [0.29, 0.717) is 37.0 Å². The van der Waals surface area contributed by atoms with E-state index in [0.717, 1.165) is 16.1 Å². The number of benzene rings is 2. The Morgan fingerprint density at radius 3 is 2.67 bits per heavy atom. The quantitative estimate of drug-likeness (QED) is 0.704. The van der Waals surface area contributed by atoms with Crippen LogP contribution in [0.25, 0.3) is 0 Å². The number of hydrogen-bond acceptors (Lipinski definition) is 5. The van der Waals surface area contributed by atoms with Crippen LogP contribution in [-0.2, 0) is 4.79 Å². The molecule has 140 valence electrons. The molecule has 0 saturated heterocycles. The number of anilines is 1. The highest BCUT2D eigenvalue weighted by molar-refractivity contribution is 8.00. The number of amides is 1. The highest BCUT2D eigenvalue weighted by Crippen LogP contribution is 2.34. The molecule has 5 nitrogen and oxygen atoms in total. The summed E-state index contributed by atoms with van der Waals surface area (Å²) in [5, 5.41) is 8.97. The van der Waals surface area contributed by atoms with Crippen molar-refractivity contribution >= 4 is 23.4 Å². The van der Waals surface area contributed by atoms with Crippen molar-refractivity contribution in [1.29, 1.82) is 5.26 Å². The number of hydrogen-bond donors (Lipinski definition) is 0. The predicted octanol–water partition coefficient (Wildman–Crippen LogP) is 4.11. The van der Waals surface area contributed by atoms with E-state index in [1.54, 1.807) is 4.90 Å². The number of carbonyl (C=O) groups is 1. The molecular weight excluding hydrogens is 360 g/mol. The van der Waals surface area contributed by atoms with Crippen LogP contribution in [0.3, 0.4) is 0 Å². The van der Waals surface area contributed by atoms with Gasteiger partial charge >= 0.3 is 0 Å². The minimum Gasteiger partial charge on any atom is -0.486 e. The molecule has 2 aromatic carbocycles. The van der Waals surface area contributed by atoms with Crippen molar-refractivity contribution in [2.45, 2.75) is 25.2 Å². The SMILES string of the molecule is Cc1ccc(SCC(=O)N(CCC#N)c2ccc3c(c2)OCCO3)c(C)c1. The summed E-state index contributed by atoms with van der Waals surface area (Å²) in [6.07, 6.45) is 0.272. The summed E-state index contributed by atoms with van der Waals surface area (Å²) in [4.78, 5) is 15.6. The zero-order valence-electron chi connectivity index (χ0n) is 15.5. The average molecular weight is 382 g/mol. The van der Waals surface area contributed by atoms with E-state index in [1.807, 2.05) is 37.3 Å². The van der Waals surface area contributed by atoms with Crippen LogP contribution in [0.1, 0.15) is 17.5 Å². The Labute approximate surface area is 163 Å². The van der Waals surface area contributed by atoms with Crippen molar-refractivity contribution in [3.63, 3.8) is 0 Å². The number of fused-ring (bicyclic) bond motifs is 1. The summed E-state index contributed by atoms with van der Waals surface area (Å²) in [7, 11) is 0. The third-order valence-corrected chi connectivity index (χ3v) is 5.43. The van der Waals surface area contributed by atoms with Crippen LogP contribution in [0, 0.1) is 25.2 Å². The Morgan fingerprint density at radius 2 is 1.93 bits per heavy atom. The lowest BCUT2D eigenvalue weighted by molar-refractivity contribution is -0.116. The maximum absolute atomic E-state index is 12.9. The number of nitrogens with zero attached hydrogens (tertiary/aromatic N) is 2. The maximum Gasteiger partial charge on any atom is 0.237 e. The van der Waals surface area contributed by atoms with Crippen LogP contribution in [0.5, 0.6) is 11.5 Å². The van der Waals surface area contributed by atoms with Gasteiger partial charge in [0, 0.05) is 23.2 Å². The largest absolute Gasteiger partial charge is 0.486 e. The molecule has 0 radical (unpaired) electrons. The molecule has 0 N–H and O–H groups in total. The van der Waals surface area contributed by atoms with E-state index in [1.165, 1.54) is 17.3 Å². The van der Waals surface area contributed by atoms with Gasteiger partial charge in [0.05, 0.1) is 18.2 Å². The molecule has 0 fully saturated rings. The summed E-state index contributed by atoms with van der Waals surface area (Å²) in [6, 6.07) is 13.8. The van der Waals surface area contributed by atoms with Gasteiger partial charge in [-0.1, -0.05) is 17.7 Å². The van der Waals surface area contributed by atoms with Gasteiger partial charge in [0.1, 0.15) is 13.2 Å². The van der Waals surface area contributed by atoms with Gasteiger partial charge in [-0.3, -0.25) is 4.79 Å². The molecule has 27 heavy (non-hydrogen) atoms. The first-order valence-electron chi connectivity index (χ1n) is 8.85. The second kappa shape index (κ2) is 8.83. The van der Waals surface area contributed by atoms with Crippen LogP contribution >= 0.6 is 11.8 Å². The van der Waals surface area contributed by atoms with Gasteiger partial charge in [-0.25, -0.2) is 0 Å². The monoisotopic (exact) mass is 382 g/mol. The van der Waals surface area contributed by atoms with E-state index in [4.69, 9.17) is 14.7 Å². The number of rotatable bonds is 6. The molecule has 0 saturated carbocycles. The summed E-state index contributed by atoms with van der Waals surface area (Å²) in [5.74, 6) is 1.59. The summed E-state index contributed by atoms with van der Waals surface area (Å²) >= 11 is 1.52. The van der Waals surface area contributed by atoms with Gasteiger partial charge in [-0.15, -0.1) is 11.8 Å². The van der Waals surface area contributed by atoms with E-state index in [2.05, 4.69) is 19.1 Å². The summed E-state index contributed by atoms with van der Waals surface area (Å²) in [5.41, 5.74) is 3.09. The molecule has 2 aromatic rings. The Morgan fingerprint density at radius 1 is 1.15 bits per heavy atom. The van der Waals surface area contributed by atoms with Crippen molar-refractivity contribution in [2.75, 3.05) is 30.4 Å². The first-order chi connectivity index (χ1) is 13.1. The van der Waals surface area contributed by atoms with Crippen molar-refractivity contribution in [3.05, 3.63) is 47.5 Å². The number of ether oxygens (including phenoxy) is 2. The Bertz CT molecular complexity index is 876. The van der Waals surface area contributed by atoms with Crippen molar-refractivity contribution in [2.24, 2.45) is 0 Å². The average Bonchev–Trinajstić information content (AvgIpc) is 2.67. The highest BCUT2D eigenvalue weighted by Gasteiger charge is 2.19. The third kappa shape index (κ3) is 4.75. The molecule has 1 heterocycles. The summed E-state index contributed by atoms with van der Waals surface area (Å²) < 4.78 is 11.2. The standard InChI is InChI=1S/C21H22N2O3S/c1-15-4-7-20(16(2)12-15)27-14-21(24)23(9-3-8-22)17-5-6-18-19(13-17)26-11-10-25-18/h4-7,12-13H,3,9-11,14H2,1-2H3. The Balaban J connectivity index is 1.75. The molecule has 0 atom stereocenters. The zero-order valence-corrected chi connectivity index (χ0v) is 16.3. The van der Waals surface area contributed by atoms with Crippen molar-refractivity contribution in [1.82, 2.24) is 0 Å². The topological polar surface area (TPSA) is 62.6 Å². The van der Waals surface area contributed by atoms with Crippen LogP contribution in [0.15, 0.2) is 41.3 Å². The van der Waals surface area contributed by atoms with Gasteiger partial charge in [0.25, 0.3) is 0 Å². The molecule has 0 spiro atoms. The minimum absolute atomic E-state index is 0.0353. The third-order valence-electron chi connectivity index (χ3n) is 4.27. The second-order valence-corrected chi connectivity index (χ2v) is 7.36. The molecule has 0 aliphatic carbocycles. The lowest BCUT2D eigenvalue weighted by atomic mass is 10.2.